The van der Waals surface area contributed by atoms with Gasteiger partial charge in [0.1, 0.15) is 11.4 Å². The van der Waals surface area contributed by atoms with Crippen molar-refractivity contribution in [2.75, 3.05) is 7.11 Å². The maximum absolute atomic E-state index is 11.1. The number of hydrogen-bond donors (Lipinski definition) is 2. The minimum Gasteiger partial charge on any atom is -0.496 e. The second kappa shape index (κ2) is 4.52. The highest BCUT2D eigenvalue weighted by Gasteiger charge is 2.17. The van der Waals surface area contributed by atoms with Crippen LogP contribution in [0.15, 0.2) is 18.5 Å². The lowest BCUT2D eigenvalue weighted by Gasteiger charge is -2.11. The highest BCUT2D eigenvalue weighted by Crippen LogP contribution is 2.31. The van der Waals surface area contributed by atoms with E-state index in [0.29, 0.717) is 5.69 Å². The second-order valence-electron chi connectivity index (χ2n) is 4.00. The number of hydrogen-bond acceptors (Lipinski definition) is 3. The van der Waals surface area contributed by atoms with Crippen LogP contribution < -0.4 is 4.74 Å². The normalized spacial score (nSPS) is 10.4. The van der Waals surface area contributed by atoms with E-state index < -0.39 is 5.97 Å². The number of carboxylic acid groups (broad SMARTS) is 1. The molecule has 0 bridgehead atoms. The summed E-state index contributed by atoms with van der Waals surface area (Å²) in [6, 6.07) is 3.64. The largest absolute Gasteiger partial charge is 0.496 e. The summed E-state index contributed by atoms with van der Waals surface area (Å²) in [4.78, 5) is 17.8. The number of rotatable bonds is 3. The Morgan fingerprint density at radius 2 is 2.06 bits per heavy atom. The molecule has 1 heterocycles. The zero-order chi connectivity index (χ0) is 13.3. The molecule has 5 nitrogen and oxygen atoms in total. The number of nitrogens with zero attached hydrogens (tertiary/aromatic N) is 1. The third-order valence-electron chi connectivity index (χ3n) is 3.07. The van der Waals surface area contributed by atoms with Crippen LogP contribution in [0.5, 0.6) is 5.75 Å². The van der Waals surface area contributed by atoms with Crippen LogP contribution in [0.3, 0.4) is 0 Å². The van der Waals surface area contributed by atoms with Gasteiger partial charge in [-0.15, -0.1) is 0 Å². The predicted octanol–water partition coefficient (Wildman–Crippen LogP) is 2.40. The quantitative estimate of drug-likeness (QED) is 0.872. The third kappa shape index (κ3) is 1.84. The van der Waals surface area contributed by atoms with Crippen molar-refractivity contribution in [2.24, 2.45) is 0 Å². The van der Waals surface area contributed by atoms with Crippen LogP contribution in [0.1, 0.15) is 21.6 Å². The van der Waals surface area contributed by atoms with Crippen LogP contribution in [0.4, 0.5) is 0 Å². The highest BCUT2D eigenvalue weighted by molar-refractivity contribution is 5.93. The summed E-state index contributed by atoms with van der Waals surface area (Å²) >= 11 is 0. The van der Waals surface area contributed by atoms with Crippen molar-refractivity contribution in [3.63, 3.8) is 0 Å². The van der Waals surface area contributed by atoms with E-state index in [1.807, 2.05) is 26.0 Å². The topological polar surface area (TPSA) is 75.2 Å². The second-order valence-corrected chi connectivity index (χ2v) is 4.00. The Morgan fingerprint density at radius 1 is 1.33 bits per heavy atom. The number of ether oxygens (including phenoxy) is 1. The molecule has 2 aromatic rings. The summed E-state index contributed by atoms with van der Waals surface area (Å²) in [5.41, 5.74) is 3.29. The Morgan fingerprint density at radius 3 is 2.67 bits per heavy atom. The molecule has 94 valence electrons. The van der Waals surface area contributed by atoms with Crippen LogP contribution in [-0.4, -0.2) is 28.2 Å². The number of carboxylic acids is 1. The number of aromatic carboxylic acids is 1. The van der Waals surface area contributed by atoms with Gasteiger partial charge in [0.15, 0.2) is 5.69 Å². The minimum absolute atomic E-state index is 0.0997. The summed E-state index contributed by atoms with van der Waals surface area (Å²) < 4.78 is 5.23. The Hall–Kier alpha value is -2.30. The fourth-order valence-electron chi connectivity index (χ4n) is 1.94. The van der Waals surface area contributed by atoms with Crippen molar-refractivity contribution in [2.45, 2.75) is 13.8 Å². The molecule has 0 unspecified atom stereocenters. The van der Waals surface area contributed by atoms with Crippen molar-refractivity contribution in [3.05, 3.63) is 35.3 Å². The van der Waals surface area contributed by atoms with Crippen LogP contribution in [0.2, 0.25) is 0 Å². The van der Waals surface area contributed by atoms with E-state index in [4.69, 9.17) is 9.84 Å². The molecular formula is C13H14N2O3. The van der Waals surface area contributed by atoms with E-state index in [0.717, 1.165) is 22.4 Å². The minimum atomic E-state index is -1.02. The van der Waals surface area contributed by atoms with Gasteiger partial charge in [0.05, 0.1) is 13.4 Å². The van der Waals surface area contributed by atoms with Crippen LogP contribution in [0.25, 0.3) is 11.3 Å². The summed E-state index contributed by atoms with van der Waals surface area (Å²) in [6.45, 7) is 3.86. The van der Waals surface area contributed by atoms with Gasteiger partial charge in [-0.25, -0.2) is 9.78 Å². The van der Waals surface area contributed by atoms with Crippen molar-refractivity contribution < 1.29 is 14.6 Å². The van der Waals surface area contributed by atoms with Crippen molar-refractivity contribution in [1.82, 2.24) is 9.97 Å². The lowest BCUT2D eigenvalue weighted by Crippen LogP contribution is -2.01. The van der Waals surface area contributed by atoms with E-state index in [1.54, 1.807) is 7.11 Å². The highest BCUT2D eigenvalue weighted by atomic mass is 16.5. The SMILES string of the molecule is COc1ccc(-c2nc[nH]c2C(=O)O)c(C)c1C. The lowest BCUT2D eigenvalue weighted by molar-refractivity contribution is 0.0692. The molecule has 2 N–H and O–H groups in total. The Kier molecular flexibility index (Phi) is 3.06. The third-order valence-corrected chi connectivity index (χ3v) is 3.07. The monoisotopic (exact) mass is 246 g/mol. The zero-order valence-electron chi connectivity index (χ0n) is 10.4. The maximum atomic E-state index is 11.1. The summed E-state index contributed by atoms with van der Waals surface area (Å²) in [5.74, 6) is -0.237. The fraction of sp³-hybridized carbons (Fsp3) is 0.231. The fourth-order valence-corrected chi connectivity index (χ4v) is 1.94. The Balaban J connectivity index is 2.62. The number of aromatic amines is 1. The number of aromatic nitrogens is 2. The number of nitrogens with one attached hydrogen (secondary N) is 1. The summed E-state index contributed by atoms with van der Waals surface area (Å²) in [7, 11) is 1.61. The van der Waals surface area contributed by atoms with Crippen molar-refractivity contribution in [3.8, 4) is 17.0 Å². The van der Waals surface area contributed by atoms with Gasteiger partial charge in [0, 0.05) is 5.56 Å². The average Bonchev–Trinajstić information content (AvgIpc) is 2.81. The van der Waals surface area contributed by atoms with Gasteiger partial charge >= 0.3 is 5.97 Å². The molecule has 0 amide bonds. The standard InChI is InChI=1S/C13H14N2O3/c1-7-8(2)10(18-3)5-4-9(7)11-12(13(16)17)15-6-14-11/h4-6H,1-3H3,(H,14,15)(H,16,17). The molecule has 18 heavy (non-hydrogen) atoms. The summed E-state index contributed by atoms with van der Waals surface area (Å²) in [5, 5.41) is 9.08. The van der Waals surface area contributed by atoms with Crippen LogP contribution in [-0.2, 0) is 0 Å². The maximum Gasteiger partial charge on any atom is 0.354 e. The van der Waals surface area contributed by atoms with Gasteiger partial charge in [-0.05, 0) is 37.1 Å². The first-order chi connectivity index (χ1) is 8.56. The van der Waals surface area contributed by atoms with Gasteiger partial charge in [-0.1, -0.05) is 0 Å². The van der Waals surface area contributed by atoms with Crippen LogP contribution >= 0.6 is 0 Å². The van der Waals surface area contributed by atoms with Crippen molar-refractivity contribution >= 4 is 5.97 Å². The molecule has 0 aliphatic heterocycles. The first-order valence-electron chi connectivity index (χ1n) is 5.47. The molecular weight excluding hydrogens is 232 g/mol. The molecule has 2 rings (SSSR count). The lowest BCUT2D eigenvalue weighted by atomic mass is 9.99. The van der Waals surface area contributed by atoms with E-state index in [2.05, 4.69) is 9.97 Å². The molecule has 1 aromatic carbocycles. The number of H-pyrrole nitrogens is 1. The van der Waals surface area contributed by atoms with E-state index in [9.17, 15) is 4.79 Å². The smallest absolute Gasteiger partial charge is 0.354 e. The van der Waals surface area contributed by atoms with Gasteiger partial charge in [-0.2, -0.15) is 0 Å². The van der Waals surface area contributed by atoms with Gasteiger partial charge in [0.2, 0.25) is 0 Å². The predicted molar refractivity (Wildman–Crippen MR) is 67.0 cm³/mol. The Bertz CT molecular complexity index is 602. The first-order valence-corrected chi connectivity index (χ1v) is 5.47. The van der Waals surface area contributed by atoms with E-state index in [-0.39, 0.29) is 5.69 Å². The van der Waals surface area contributed by atoms with Crippen molar-refractivity contribution in [1.29, 1.82) is 0 Å². The summed E-state index contributed by atoms with van der Waals surface area (Å²) in [6.07, 6.45) is 1.39. The van der Waals surface area contributed by atoms with E-state index >= 15 is 0 Å². The first kappa shape index (κ1) is 12.2. The molecule has 5 heteroatoms. The Labute approximate surface area is 104 Å². The number of benzene rings is 1. The molecule has 0 saturated heterocycles. The average molecular weight is 246 g/mol. The molecule has 0 atom stereocenters. The molecule has 0 aliphatic carbocycles. The molecule has 0 radical (unpaired) electrons. The molecule has 0 saturated carbocycles. The van der Waals surface area contributed by atoms with Gasteiger partial charge < -0.3 is 14.8 Å². The number of carbonyl (C=O) groups is 1. The van der Waals surface area contributed by atoms with Crippen LogP contribution in [0, 0.1) is 13.8 Å². The van der Waals surface area contributed by atoms with Gasteiger partial charge in [-0.3, -0.25) is 0 Å². The number of methoxy groups -OCH3 is 1. The molecule has 1 aromatic heterocycles. The molecule has 0 spiro atoms. The van der Waals surface area contributed by atoms with Gasteiger partial charge in [0.25, 0.3) is 0 Å². The molecule has 0 fully saturated rings. The zero-order valence-corrected chi connectivity index (χ0v) is 10.4. The number of imidazole rings is 1. The van der Waals surface area contributed by atoms with E-state index in [1.165, 1.54) is 6.33 Å². The molecule has 0 aliphatic rings.